The third kappa shape index (κ3) is 3.98. The Morgan fingerprint density at radius 2 is 1.75 bits per heavy atom. The molecule has 0 aliphatic carbocycles. The highest BCUT2D eigenvalue weighted by atomic mass is 19.2. The number of benzene rings is 2. The van der Waals surface area contributed by atoms with Gasteiger partial charge >= 0.3 is 0 Å². The van der Waals surface area contributed by atoms with Crippen molar-refractivity contribution in [2.24, 2.45) is 0 Å². The Balaban J connectivity index is 2.09. The summed E-state index contributed by atoms with van der Waals surface area (Å²) >= 11 is 0. The van der Waals surface area contributed by atoms with Gasteiger partial charge in [-0.05, 0) is 38.1 Å². The zero-order chi connectivity index (χ0) is 17.7. The normalized spacial score (nSPS) is 11.7. The first kappa shape index (κ1) is 17.7. The number of carbonyl (C=O) groups is 1. The van der Waals surface area contributed by atoms with Gasteiger partial charge in [-0.2, -0.15) is 0 Å². The van der Waals surface area contributed by atoms with E-state index in [9.17, 15) is 18.0 Å². The molecule has 4 nitrogen and oxygen atoms in total. The van der Waals surface area contributed by atoms with Gasteiger partial charge < -0.3 is 14.8 Å². The molecule has 2 aromatic carbocycles. The Hall–Kier alpha value is -2.70. The van der Waals surface area contributed by atoms with E-state index in [1.807, 2.05) is 0 Å². The molecule has 0 heterocycles. The molecule has 1 amide bonds. The first-order valence-corrected chi connectivity index (χ1v) is 7.26. The summed E-state index contributed by atoms with van der Waals surface area (Å²) in [4.78, 5) is 12.1. The average molecular weight is 339 g/mol. The third-order valence-electron chi connectivity index (χ3n) is 3.12. The van der Waals surface area contributed by atoms with E-state index in [1.54, 1.807) is 31.2 Å². The summed E-state index contributed by atoms with van der Waals surface area (Å²) in [6, 6.07) is 8.42. The van der Waals surface area contributed by atoms with Gasteiger partial charge in [0.25, 0.3) is 5.91 Å². The van der Waals surface area contributed by atoms with Gasteiger partial charge in [-0.3, -0.25) is 4.79 Å². The van der Waals surface area contributed by atoms with Gasteiger partial charge in [-0.25, -0.2) is 13.2 Å². The molecule has 0 saturated heterocycles. The molecule has 1 atom stereocenters. The van der Waals surface area contributed by atoms with E-state index < -0.39 is 35.2 Å². The highest BCUT2D eigenvalue weighted by Gasteiger charge is 2.20. The topological polar surface area (TPSA) is 47.6 Å². The third-order valence-corrected chi connectivity index (χ3v) is 3.12. The van der Waals surface area contributed by atoms with Crippen LogP contribution < -0.4 is 14.8 Å². The summed E-state index contributed by atoms with van der Waals surface area (Å²) in [5.74, 6) is -4.37. The second kappa shape index (κ2) is 7.72. The molecule has 0 fully saturated rings. The maximum atomic E-state index is 13.6. The maximum Gasteiger partial charge on any atom is 0.265 e. The summed E-state index contributed by atoms with van der Waals surface area (Å²) in [5, 5.41) is 2.16. The van der Waals surface area contributed by atoms with Crippen molar-refractivity contribution >= 4 is 11.6 Å². The molecule has 1 N–H and O–H groups in total. The van der Waals surface area contributed by atoms with Crippen LogP contribution in [-0.2, 0) is 4.79 Å². The van der Waals surface area contributed by atoms with Gasteiger partial charge in [0.2, 0.25) is 0 Å². The molecule has 0 bridgehead atoms. The minimum atomic E-state index is -1.65. The quantitative estimate of drug-likeness (QED) is 0.812. The van der Waals surface area contributed by atoms with Crippen molar-refractivity contribution in [3.8, 4) is 11.5 Å². The molecule has 0 aliphatic rings. The van der Waals surface area contributed by atoms with Crippen LogP contribution in [-0.4, -0.2) is 18.6 Å². The molecule has 24 heavy (non-hydrogen) atoms. The second-order valence-corrected chi connectivity index (χ2v) is 4.85. The number of hydrogen-bond acceptors (Lipinski definition) is 3. The molecule has 0 aromatic heterocycles. The standard InChI is InChI=1S/C17H16F3NO3/c1-3-23-13-6-4-5-7-14(13)24-10(2)17(22)21-12-9-8-11(18)15(19)16(12)20/h4-10H,3H2,1-2H3,(H,21,22)/t10-/m0/s1. The van der Waals surface area contributed by atoms with Crippen molar-refractivity contribution in [1.82, 2.24) is 0 Å². The summed E-state index contributed by atoms with van der Waals surface area (Å²) in [6.45, 7) is 3.66. The van der Waals surface area contributed by atoms with E-state index in [0.717, 1.165) is 12.1 Å². The van der Waals surface area contributed by atoms with Crippen LogP contribution in [0.1, 0.15) is 13.8 Å². The van der Waals surface area contributed by atoms with E-state index in [0.29, 0.717) is 18.1 Å². The van der Waals surface area contributed by atoms with Crippen LogP contribution in [0.5, 0.6) is 11.5 Å². The molecular formula is C17H16F3NO3. The van der Waals surface area contributed by atoms with E-state index in [4.69, 9.17) is 9.47 Å². The number of carbonyl (C=O) groups excluding carboxylic acids is 1. The molecular weight excluding hydrogens is 323 g/mol. The lowest BCUT2D eigenvalue weighted by atomic mass is 10.2. The van der Waals surface area contributed by atoms with Crippen molar-refractivity contribution in [1.29, 1.82) is 0 Å². The van der Waals surface area contributed by atoms with Gasteiger partial charge in [-0.15, -0.1) is 0 Å². The van der Waals surface area contributed by atoms with Crippen molar-refractivity contribution in [3.63, 3.8) is 0 Å². The number of para-hydroxylation sites is 2. The van der Waals surface area contributed by atoms with E-state index in [-0.39, 0.29) is 0 Å². The predicted molar refractivity (Wildman–Crippen MR) is 82.6 cm³/mol. The van der Waals surface area contributed by atoms with Crippen molar-refractivity contribution in [3.05, 3.63) is 53.8 Å². The minimum absolute atomic E-state index is 0.341. The monoisotopic (exact) mass is 339 g/mol. The number of nitrogens with one attached hydrogen (secondary N) is 1. The second-order valence-electron chi connectivity index (χ2n) is 4.85. The number of hydrogen-bond donors (Lipinski definition) is 1. The smallest absolute Gasteiger partial charge is 0.265 e. The lowest BCUT2D eigenvalue weighted by molar-refractivity contribution is -0.122. The van der Waals surface area contributed by atoms with Gasteiger partial charge in [0, 0.05) is 0 Å². The SMILES string of the molecule is CCOc1ccccc1O[C@@H](C)C(=O)Nc1ccc(F)c(F)c1F. The van der Waals surface area contributed by atoms with Crippen molar-refractivity contribution in [2.75, 3.05) is 11.9 Å². The van der Waals surface area contributed by atoms with Crippen LogP contribution in [0.2, 0.25) is 0 Å². The predicted octanol–water partition coefficient (Wildman–Crippen LogP) is 3.91. The largest absolute Gasteiger partial charge is 0.490 e. The highest BCUT2D eigenvalue weighted by Crippen LogP contribution is 2.27. The molecule has 2 aromatic rings. The number of rotatable bonds is 6. The summed E-state index contributed by atoms with van der Waals surface area (Å²) in [5.41, 5.74) is -0.465. The summed E-state index contributed by atoms with van der Waals surface area (Å²) < 4.78 is 50.5. The number of halogens is 3. The maximum absolute atomic E-state index is 13.6. The fraction of sp³-hybridized carbons (Fsp3) is 0.235. The van der Waals surface area contributed by atoms with E-state index in [1.165, 1.54) is 6.92 Å². The van der Waals surface area contributed by atoms with Crippen LogP contribution >= 0.6 is 0 Å². The molecule has 7 heteroatoms. The zero-order valence-corrected chi connectivity index (χ0v) is 13.1. The Kier molecular flexibility index (Phi) is 5.68. The van der Waals surface area contributed by atoms with Crippen LogP contribution in [0.3, 0.4) is 0 Å². The van der Waals surface area contributed by atoms with Crippen molar-refractivity contribution in [2.45, 2.75) is 20.0 Å². The van der Waals surface area contributed by atoms with E-state index in [2.05, 4.69) is 5.32 Å². The number of ether oxygens (including phenoxy) is 2. The zero-order valence-electron chi connectivity index (χ0n) is 13.1. The molecule has 0 spiro atoms. The fourth-order valence-electron chi connectivity index (χ4n) is 1.92. The Bertz CT molecular complexity index is 737. The average Bonchev–Trinajstić information content (AvgIpc) is 2.57. The van der Waals surface area contributed by atoms with Gasteiger partial charge in [-0.1, -0.05) is 12.1 Å². The van der Waals surface area contributed by atoms with Crippen LogP contribution in [0.25, 0.3) is 0 Å². The first-order chi connectivity index (χ1) is 11.4. The molecule has 0 unspecified atom stereocenters. The van der Waals surface area contributed by atoms with Crippen LogP contribution in [0.15, 0.2) is 36.4 Å². The molecule has 2 rings (SSSR count). The Labute approximate surface area is 137 Å². The number of amides is 1. The molecule has 0 saturated carbocycles. The van der Waals surface area contributed by atoms with E-state index >= 15 is 0 Å². The Morgan fingerprint density at radius 3 is 2.42 bits per heavy atom. The first-order valence-electron chi connectivity index (χ1n) is 7.26. The number of anilines is 1. The highest BCUT2D eigenvalue weighted by molar-refractivity contribution is 5.94. The summed E-state index contributed by atoms with van der Waals surface area (Å²) in [6.07, 6.45) is -1.01. The lowest BCUT2D eigenvalue weighted by Gasteiger charge is -2.17. The van der Waals surface area contributed by atoms with Crippen LogP contribution in [0, 0.1) is 17.5 Å². The Morgan fingerprint density at radius 1 is 1.08 bits per heavy atom. The van der Waals surface area contributed by atoms with Crippen LogP contribution in [0.4, 0.5) is 18.9 Å². The summed E-state index contributed by atoms with van der Waals surface area (Å²) in [7, 11) is 0. The molecule has 128 valence electrons. The van der Waals surface area contributed by atoms with Gasteiger partial charge in [0.15, 0.2) is 35.1 Å². The van der Waals surface area contributed by atoms with Gasteiger partial charge in [0.1, 0.15) is 0 Å². The molecule has 0 aliphatic heterocycles. The fourth-order valence-corrected chi connectivity index (χ4v) is 1.92. The molecule has 0 radical (unpaired) electrons. The lowest BCUT2D eigenvalue weighted by Crippen LogP contribution is -2.30. The minimum Gasteiger partial charge on any atom is -0.490 e. The van der Waals surface area contributed by atoms with Crippen molar-refractivity contribution < 1.29 is 27.4 Å². The van der Waals surface area contributed by atoms with Gasteiger partial charge in [0.05, 0.1) is 12.3 Å².